The maximum absolute atomic E-state index is 13.1. The number of hydrogen-bond acceptors (Lipinski definition) is 9. The van der Waals surface area contributed by atoms with E-state index in [-0.39, 0.29) is 5.91 Å². The number of hydrogen-bond donors (Lipinski definition) is 2. The average molecular weight is 584 g/mol. The van der Waals surface area contributed by atoms with Gasteiger partial charge in [0, 0.05) is 13.0 Å². The van der Waals surface area contributed by atoms with Gasteiger partial charge in [-0.25, -0.2) is 8.98 Å². The lowest BCUT2D eigenvalue weighted by Gasteiger charge is -2.32. The third-order valence-electron chi connectivity index (χ3n) is 6.61. The highest BCUT2D eigenvalue weighted by Crippen LogP contribution is 2.35. The van der Waals surface area contributed by atoms with Gasteiger partial charge in [-0.05, 0) is 70.8 Å². The molecule has 40 heavy (non-hydrogen) atoms. The first-order chi connectivity index (χ1) is 19.0. The topological polar surface area (TPSA) is 132 Å². The molecule has 0 unspecified atom stereocenters. The Hall–Kier alpha value is -2.57. The number of carbonyl (C=O) groups excluding carboxylic acids is 2. The predicted molar refractivity (Wildman–Crippen MR) is 151 cm³/mol. The fourth-order valence-corrected chi connectivity index (χ4v) is 5.59. The molecule has 226 valence electrons. The predicted octanol–water partition coefficient (Wildman–Crippen LogP) is 4.23. The molecule has 0 radical (unpaired) electrons. The van der Waals surface area contributed by atoms with E-state index in [4.69, 9.17) is 18.4 Å². The summed E-state index contributed by atoms with van der Waals surface area (Å²) in [4.78, 5) is 27.5. The second kappa shape index (κ2) is 14.9. The van der Waals surface area contributed by atoms with Crippen molar-refractivity contribution in [3.8, 4) is 11.5 Å². The Morgan fingerprint density at radius 3 is 2.38 bits per heavy atom. The quantitative estimate of drug-likeness (QED) is 0.309. The summed E-state index contributed by atoms with van der Waals surface area (Å²) < 4.78 is 50.1. The van der Waals surface area contributed by atoms with E-state index >= 15 is 0 Å². The van der Waals surface area contributed by atoms with Crippen LogP contribution in [0.1, 0.15) is 90.7 Å². The van der Waals surface area contributed by atoms with Crippen LogP contribution in [-0.4, -0.2) is 69.8 Å². The number of likely N-dealkylation sites (tertiary alicyclic amines) is 1. The number of amides is 2. The smallest absolute Gasteiger partial charge is 0.423 e. The third kappa shape index (κ3) is 10.8. The molecule has 2 heterocycles. The van der Waals surface area contributed by atoms with Crippen LogP contribution in [0.15, 0.2) is 18.2 Å². The minimum atomic E-state index is -4.63. The van der Waals surface area contributed by atoms with Gasteiger partial charge in [-0.1, -0.05) is 38.7 Å². The third-order valence-corrected chi connectivity index (χ3v) is 7.48. The van der Waals surface area contributed by atoms with Crippen molar-refractivity contribution in [2.45, 2.75) is 96.8 Å². The van der Waals surface area contributed by atoms with E-state index < -0.39 is 34.1 Å². The average Bonchev–Trinajstić information content (AvgIpc) is 3.38. The Morgan fingerprint density at radius 2 is 1.70 bits per heavy atom. The fraction of sp³-hybridized carbons (Fsp3) is 0.714. The molecule has 1 fully saturated rings. The Kier molecular flexibility index (Phi) is 11.9. The molecule has 12 heteroatoms. The summed E-state index contributed by atoms with van der Waals surface area (Å²) in [6.45, 7) is 9.83. The Morgan fingerprint density at radius 1 is 1.02 bits per heavy atom. The largest absolute Gasteiger partial charge is 0.486 e. The normalized spacial score (nSPS) is 17.2. The monoisotopic (exact) mass is 583 g/mol. The maximum atomic E-state index is 13.1. The lowest BCUT2D eigenvalue weighted by Crippen LogP contribution is -2.49. The molecule has 2 N–H and O–H groups in total. The van der Waals surface area contributed by atoms with Crippen molar-refractivity contribution in [1.29, 1.82) is 0 Å². The van der Waals surface area contributed by atoms with Gasteiger partial charge in [-0.15, -0.1) is 0 Å². The van der Waals surface area contributed by atoms with Gasteiger partial charge in [0.2, 0.25) is 5.91 Å². The summed E-state index contributed by atoms with van der Waals surface area (Å²) in [7, 11) is -4.63. The van der Waals surface area contributed by atoms with Crippen molar-refractivity contribution < 1.29 is 36.4 Å². The van der Waals surface area contributed by atoms with E-state index in [2.05, 4.69) is 17.1 Å². The molecule has 2 amide bonds. The molecule has 0 bridgehead atoms. The van der Waals surface area contributed by atoms with Crippen LogP contribution in [0.3, 0.4) is 0 Å². The molecule has 1 aromatic rings. The maximum Gasteiger partial charge on any atom is 0.423 e. The molecule has 0 aromatic heterocycles. The second-order valence-corrected chi connectivity index (χ2v) is 12.6. The summed E-state index contributed by atoms with van der Waals surface area (Å²) in [6.07, 6.45) is 5.07. The number of rotatable bonds is 14. The number of benzene rings is 1. The lowest BCUT2D eigenvalue weighted by molar-refractivity contribution is -0.122. The van der Waals surface area contributed by atoms with Crippen molar-refractivity contribution in [3.63, 3.8) is 0 Å². The van der Waals surface area contributed by atoms with Crippen molar-refractivity contribution in [3.05, 3.63) is 23.8 Å². The first kappa shape index (κ1) is 32.0. The summed E-state index contributed by atoms with van der Waals surface area (Å²) in [6, 6.07) is 4.32. The fourth-order valence-electron chi connectivity index (χ4n) is 4.78. The van der Waals surface area contributed by atoms with Crippen molar-refractivity contribution in [2.75, 3.05) is 32.8 Å². The highest BCUT2D eigenvalue weighted by atomic mass is 32.2. The first-order valence-corrected chi connectivity index (χ1v) is 15.7. The van der Waals surface area contributed by atoms with Gasteiger partial charge >= 0.3 is 16.4 Å². The SMILES string of the molecule is CCCCCCCC(=O)N[C@H](CN1CCCC1)[C@H](OS(=O)(=O)NC(=O)OC(C)(C)C)c1ccc2c(c1)OCCO2. The Bertz CT molecular complexity index is 1080. The number of nitrogens with one attached hydrogen (secondary N) is 2. The van der Waals surface area contributed by atoms with E-state index in [9.17, 15) is 18.0 Å². The van der Waals surface area contributed by atoms with Crippen LogP contribution >= 0.6 is 0 Å². The zero-order valence-electron chi connectivity index (χ0n) is 24.2. The molecule has 11 nitrogen and oxygen atoms in total. The van der Waals surface area contributed by atoms with Gasteiger partial charge in [-0.2, -0.15) is 13.1 Å². The molecule has 0 aliphatic carbocycles. The molecule has 0 saturated carbocycles. The summed E-state index contributed by atoms with van der Waals surface area (Å²) in [5.41, 5.74) is -0.440. The zero-order chi connectivity index (χ0) is 29.2. The standard InChI is InChI=1S/C28H45N3O8S/c1-5-6-7-8-9-12-25(32)29-22(20-31-15-10-11-16-31)26(21-13-14-23-24(19-21)37-18-17-36-23)39-40(34,35)30-27(33)38-28(2,3)4/h13-14,19,22,26H,5-12,15-18,20H2,1-4H3,(H,29,32)(H,30,33)/t22-,26-/m1/s1. The molecular weight excluding hydrogens is 538 g/mol. The van der Waals surface area contributed by atoms with Gasteiger partial charge in [0.1, 0.15) is 24.9 Å². The summed E-state index contributed by atoms with van der Waals surface area (Å²) in [5.74, 6) is 0.817. The van der Waals surface area contributed by atoms with Gasteiger partial charge in [0.15, 0.2) is 11.5 Å². The minimum Gasteiger partial charge on any atom is -0.486 e. The van der Waals surface area contributed by atoms with E-state index in [1.807, 2.05) is 4.72 Å². The highest BCUT2D eigenvalue weighted by Gasteiger charge is 2.35. The van der Waals surface area contributed by atoms with Crippen molar-refractivity contribution in [2.24, 2.45) is 0 Å². The van der Waals surface area contributed by atoms with Gasteiger partial charge < -0.3 is 24.4 Å². The Labute approximate surface area is 238 Å². The molecule has 2 aliphatic heterocycles. The number of fused-ring (bicyclic) bond motifs is 1. The number of nitrogens with zero attached hydrogens (tertiary/aromatic N) is 1. The molecule has 1 saturated heterocycles. The summed E-state index contributed by atoms with van der Waals surface area (Å²) >= 11 is 0. The van der Waals surface area contributed by atoms with Gasteiger partial charge in [-0.3, -0.25) is 4.79 Å². The van der Waals surface area contributed by atoms with Crippen molar-refractivity contribution in [1.82, 2.24) is 14.9 Å². The van der Waals surface area contributed by atoms with E-state index in [1.165, 1.54) is 0 Å². The molecule has 1 aromatic carbocycles. The minimum absolute atomic E-state index is 0.177. The van der Waals surface area contributed by atoms with Gasteiger partial charge in [0.05, 0.1) is 6.04 Å². The van der Waals surface area contributed by atoms with Gasteiger partial charge in [0.25, 0.3) is 0 Å². The number of carbonyl (C=O) groups is 2. The second-order valence-electron chi connectivity index (χ2n) is 11.3. The van der Waals surface area contributed by atoms with Crippen LogP contribution in [0.4, 0.5) is 4.79 Å². The highest BCUT2D eigenvalue weighted by molar-refractivity contribution is 7.85. The van der Waals surface area contributed by atoms with Crippen molar-refractivity contribution >= 4 is 22.3 Å². The van der Waals surface area contributed by atoms with Crippen LogP contribution in [0.2, 0.25) is 0 Å². The Balaban J connectivity index is 1.87. The zero-order valence-corrected chi connectivity index (χ0v) is 25.0. The number of unbranched alkanes of at least 4 members (excludes halogenated alkanes) is 4. The first-order valence-electron chi connectivity index (χ1n) is 14.3. The summed E-state index contributed by atoms with van der Waals surface area (Å²) in [5, 5.41) is 3.04. The van der Waals surface area contributed by atoms with Crippen LogP contribution in [0.25, 0.3) is 0 Å². The number of ether oxygens (including phenoxy) is 3. The molecule has 2 atom stereocenters. The van der Waals surface area contributed by atoms with Crippen LogP contribution in [-0.2, 0) is 24.0 Å². The van der Waals surface area contributed by atoms with E-state index in [1.54, 1.807) is 39.0 Å². The van der Waals surface area contributed by atoms with Crippen LogP contribution < -0.4 is 19.5 Å². The molecule has 0 spiro atoms. The van der Waals surface area contributed by atoms with Crippen LogP contribution in [0.5, 0.6) is 11.5 Å². The molecule has 2 aliphatic rings. The van der Waals surface area contributed by atoms with E-state index in [0.29, 0.717) is 43.2 Å². The lowest BCUT2D eigenvalue weighted by atomic mass is 10.0. The molecular formula is C28H45N3O8S. The van der Waals surface area contributed by atoms with Crippen LogP contribution in [0, 0.1) is 0 Å². The van der Waals surface area contributed by atoms with E-state index in [0.717, 1.165) is 58.0 Å². The molecule has 3 rings (SSSR count).